The maximum atomic E-state index is 13.3. The zero-order valence-electron chi connectivity index (χ0n) is 16.5. The summed E-state index contributed by atoms with van der Waals surface area (Å²) in [5, 5.41) is 2.59. The molecule has 1 N–H and O–H groups in total. The zero-order valence-corrected chi connectivity index (χ0v) is 16.5. The van der Waals surface area contributed by atoms with Crippen LogP contribution in [0.2, 0.25) is 0 Å². The summed E-state index contributed by atoms with van der Waals surface area (Å²) in [4.78, 5) is 24.4. The molecule has 1 amide bonds. The molecule has 0 saturated carbocycles. The van der Waals surface area contributed by atoms with Crippen molar-refractivity contribution in [2.24, 2.45) is 0 Å². The molecule has 0 heterocycles. The van der Waals surface area contributed by atoms with Crippen LogP contribution in [0.5, 0.6) is 0 Å². The first kappa shape index (κ1) is 21.5. The molecule has 2 aromatic carbocycles. The molecule has 150 valence electrons. The number of carbonyl (C=O) groups is 2. The van der Waals surface area contributed by atoms with E-state index in [2.05, 4.69) is 26.1 Å². The number of ether oxygens (including phenoxy) is 1. The number of halogens is 2. The third-order valence-electron chi connectivity index (χ3n) is 4.37. The molecule has 0 aliphatic rings. The molecule has 6 heteroatoms. The number of benzene rings is 2. The van der Waals surface area contributed by atoms with Crippen LogP contribution < -0.4 is 5.32 Å². The zero-order chi connectivity index (χ0) is 20.9. The molecule has 0 saturated heterocycles. The van der Waals surface area contributed by atoms with Gasteiger partial charge in [0.2, 0.25) is 5.91 Å². The smallest absolute Gasteiger partial charge is 0.328 e. The van der Waals surface area contributed by atoms with Crippen molar-refractivity contribution in [2.45, 2.75) is 45.1 Å². The molecule has 0 bridgehead atoms. The summed E-state index contributed by atoms with van der Waals surface area (Å²) in [5.74, 6) is -2.62. The molecule has 2 aromatic rings. The summed E-state index contributed by atoms with van der Waals surface area (Å²) in [6.45, 7) is 6.32. The minimum absolute atomic E-state index is 0.00866. The second-order valence-corrected chi connectivity index (χ2v) is 7.75. The van der Waals surface area contributed by atoms with Gasteiger partial charge in [-0.3, -0.25) is 4.79 Å². The quantitative estimate of drug-likeness (QED) is 0.767. The Labute approximate surface area is 163 Å². The third kappa shape index (κ3) is 6.15. The first-order chi connectivity index (χ1) is 13.1. The van der Waals surface area contributed by atoms with E-state index in [1.807, 2.05) is 24.3 Å². The van der Waals surface area contributed by atoms with Crippen molar-refractivity contribution in [3.63, 3.8) is 0 Å². The lowest BCUT2D eigenvalue weighted by Crippen LogP contribution is -2.43. The average Bonchev–Trinajstić information content (AvgIpc) is 2.59. The Balaban J connectivity index is 2.08. The van der Waals surface area contributed by atoms with Gasteiger partial charge in [0.25, 0.3) is 0 Å². The van der Waals surface area contributed by atoms with Crippen LogP contribution in [-0.2, 0) is 32.6 Å². The topological polar surface area (TPSA) is 55.4 Å². The van der Waals surface area contributed by atoms with E-state index in [4.69, 9.17) is 4.74 Å². The van der Waals surface area contributed by atoms with Crippen molar-refractivity contribution in [1.82, 2.24) is 5.32 Å². The fourth-order valence-corrected chi connectivity index (χ4v) is 2.86. The van der Waals surface area contributed by atoms with Gasteiger partial charge in [-0.2, -0.15) is 0 Å². The predicted octanol–water partition coefficient (Wildman–Crippen LogP) is 3.71. The van der Waals surface area contributed by atoms with E-state index in [9.17, 15) is 18.4 Å². The maximum Gasteiger partial charge on any atom is 0.328 e. The lowest BCUT2D eigenvalue weighted by molar-refractivity contribution is -0.145. The summed E-state index contributed by atoms with van der Waals surface area (Å²) >= 11 is 0. The van der Waals surface area contributed by atoms with Gasteiger partial charge in [-0.1, -0.05) is 45.0 Å². The Morgan fingerprint density at radius 3 is 2.07 bits per heavy atom. The SMILES string of the molecule is COC(=O)[C@H](Cc1ccc(C(C)(C)C)cc1)NC(=O)Cc1cc(F)cc(F)c1. The van der Waals surface area contributed by atoms with Gasteiger partial charge in [0.05, 0.1) is 13.5 Å². The lowest BCUT2D eigenvalue weighted by atomic mass is 9.86. The van der Waals surface area contributed by atoms with Crippen LogP contribution in [0.4, 0.5) is 8.78 Å². The van der Waals surface area contributed by atoms with Crippen LogP contribution in [0, 0.1) is 11.6 Å². The number of esters is 1. The molecule has 0 radical (unpaired) electrons. The van der Waals surface area contributed by atoms with Gasteiger partial charge in [0, 0.05) is 12.5 Å². The normalized spacial score (nSPS) is 12.4. The number of hydrogen-bond donors (Lipinski definition) is 1. The number of rotatable bonds is 6. The average molecular weight is 389 g/mol. The molecule has 0 unspecified atom stereocenters. The van der Waals surface area contributed by atoms with Gasteiger partial charge in [0.1, 0.15) is 17.7 Å². The van der Waals surface area contributed by atoms with E-state index in [1.54, 1.807) is 0 Å². The highest BCUT2D eigenvalue weighted by Crippen LogP contribution is 2.22. The molecule has 2 rings (SSSR count). The first-order valence-corrected chi connectivity index (χ1v) is 9.00. The molecule has 0 aliphatic heterocycles. The molecule has 0 fully saturated rings. The summed E-state index contributed by atoms with van der Waals surface area (Å²) in [6.07, 6.45) is 0.00544. The van der Waals surface area contributed by atoms with Gasteiger partial charge in [-0.05, 0) is 34.2 Å². The van der Waals surface area contributed by atoms with Gasteiger partial charge < -0.3 is 10.1 Å². The fourth-order valence-electron chi connectivity index (χ4n) is 2.86. The van der Waals surface area contributed by atoms with Crippen molar-refractivity contribution < 1.29 is 23.1 Å². The van der Waals surface area contributed by atoms with Gasteiger partial charge in [-0.25, -0.2) is 13.6 Å². The van der Waals surface area contributed by atoms with Crippen LogP contribution in [-0.4, -0.2) is 25.0 Å². The minimum atomic E-state index is -0.892. The van der Waals surface area contributed by atoms with E-state index in [0.29, 0.717) is 0 Å². The summed E-state index contributed by atoms with van der Waals surface area (Å²) < 4.78 is 31.3. The largest absolute Gasteiger partial charge is 0.467 e. The fraction of sp³-hybridized carbons (Fsp3) is 0.364. The Bertz CT molecular complexity index is 822. The van der Waals surface area contributed by atoms with Crippen LogP contribution >= 0.6 is 0 Å². The Kier molecular flexibility index (Phi) is 6.89. The third-order valence-corrected chi connectivity index (χ3v) is 4.37. The lowest BCUT2D eigenvalue weighted by Gasteiger charge is -2.20. The second-order valence-electron chi connectivity index (χ2n) is 7.75. The van der Waals surface area contributed by atoms with Crippen LogP contribution in [0.15, 0.2) is 42.5 Å². The van der Waals surface area contributed by atoms with E-state index in [-0.39, 0.29) is 23.8 Å². The molecule has 4 nitrogen and oxygen atoms in total. The summed E-state index contributed by atoms with van der Waals surface area (Å²) in [5.41, 5.74) is 2.21. The Morgan fingerprint density at radius 2 is 1.57 bits per heavy atom. The first-order valence-electron chi connectivity index (χ1n) is 9.00. The van der Waals surface area contributed by atoms with Gasteiger partial charge in [0.15, 0.2) is 0 Å². The van der Waals surface area contributed by atoms with E-state index in [1.165, 1.54) is 7.11 Å². The van der Waals surface area contributed by atoms with Crippen molar-refractivity contribution in [3.05, 3.63) is 70.8 Å². The molecular weight excluding hydrogens is 364 g/mol. The highest BCUT2D eigenvalue weighted by atomic mass is 19.1. The van der Waals surface area contributed by atoms with Crippen molar-refractivity contribution in [1.29, 1.82) is 0 Å². The molecule has 1 atom stereocenters. The van der Waals surface area contributed by atoms with Crippen LogP contribution in [0.3, 0.4) is 0 Å². The molecule has 0 aliphatic carbocycles. The number of hydrogen-bond acceptors (Lipinski definition) is 3. The number of carbonyl (C=O) groups excluding carboxylic acids is 2. The van der Waals surface area contributed by atoms with Gasteiger partial charge >= 0.3 is 5.97 Å². The van der Waals surface area contributed by atoms with Crippen LogP contribution in [0.1, 0.15) is 37.5 Å². The summed E-state index contributed by atoms with van der Waals surface area (Å²) in [7, 11) is 1.24. The standard InChI is InChI=1S/C22H25F2NO3/c1-22(2,3)16-7-5-14(6-8-16)11-19(21(27)28-4)25-20(26)12-15-9-17(23)13-18(24)10-15/h5-10,13,19H,11-12H2,1-4H3,(H,25,26)/t19-/m0/s1. The maximum absolute atomic E-state index is 13.3. The highest BCUT2D eigenvalue weighted by Gasteiger charge is 2.23. The van der Waals surface area contributed by atoms with Crippen molar-refractivity contribution >= 4 is 11.9 Å². The summed E-state index contributed by atoms with van der Waals surface area (Å²) in [6, 6.07) is 9.80. The molecule has 0 aromatic heterocycles. The Morgan fingerprint density at radius 1 is 1.00 bits per heavy atom. The minimum Gasteiger partial charge on any atom is -0.467 e. The number of methoxy groups -OCH3 is 1. The van der Waals surface area contributed by atoms with Crippen LogP contribution in [0.25, 0.3) is 0 Å². The predicted molar refractivity (Wildman–Crippen MR) is 103 cm³/mol. The van der Waals surface area contributed by atoms with Crippen molar-refractivity contribution in [3.8, 4) is 0 Å². The number of amides is 1. The van der Waals surface area contributed by atoms with Gasteiger partial charge in [-0.15, -0.1) is 0 Å². The molecule has 28 heavy (non-hydrogen) atoms. The molecule has 0 spiro atoms. The monoisotopic (exact) mass is 389 g/mol. The second kappa shape index (κ2) is 8.95. The van der Waals surface area contributed by atoms with E-state index >= 15 is 0 Å². The van der Waals surface area contributed by atoms with E-state index < -0.39 is 29.6 Å². The Hall–Kier alpha value is -2.76. The highest BCUT2D eigenvalue weighted by molar-refractivity contribution is 5.85. The molecular formula is C22H25F2NO3. The van der Waals surface area contributed by atoms with E-state index in [0.717, 1.165) is 29.3 Å². The van der Waals surface area contributed by atoms with Crippen molar-refractivity contribution in [2.75, 3.05) is 7.11 Å². The number of nitrogens with one attached hydrogen (secondary N) is 1.